The minimum absolute atomic E-state index is 0. The Kier molecular flexibility index (Phi) is 8.12. The van der Waals surface area contributed by atoms with Gasteiger partial charge in [0.2, 0.25) is 0 Å². The van der Waals surface area contributed by atoms with Gasteiger partial charge < -0.3 is 14.8 Å². The van der Waals surface area contributed by atoms with Crippen molar-refractivity contribution in [2.75, 3.05) is 46.4 Å². The lowest BCUT2D eigenvalue weighted by molar-refractivity contribution is 0.170. The Labute approximate surface area is 179 Å². The zero-order valence-electron chi connectivity index (χ0n) is 17.0. The van der Waals surface area contributed by atoms with E-state index < -0.39 is 0 Å². The molecule has 29 heavy (non-hydrogen) atoms. The summed E-state index contributed by atoms with van der Waals surface area (Å²) in [5.41, 5.74) is 2.37. The normalized spacial score (nSPS) is 20.2. The molecule has 2 saturated heterocycles. The third-order valence-electron chi connectivity index (χ3n) is 5.69. The minimum atomic E-state index is 0. The third-order valence-corrected chi connectivity index (χ3v) is 5.69. The number of hydrogen-bond donors (Lipinski definition) is 1. The van der Waals surface area contributed by atoms with Gasteiger partial charge in [0, 0.05) is 64.2 Å². The van der Waals surface area contributed by atoms with Gasteiger partial charge >= 0.3 is 0 Å². The molecule has 1 atom stereocenters. The molecule has 2 fully saturated rings. The molecule has 1 N–H and O–H groups in total. The summed E-state index contributed by atoms with van der Waals surface area (Å²) in [5.74, 6) is 1.58. The van der Waals surface area contributed by atoms with Gasteiger partial charge in [0.05, 0.1) is 7.11 Å². The summed E-state index contributed by atoms with van der Waals surface area (Å²) in [6.45, 7) is 8.38. The second-order valence-corrected chi connectivity index (χ2v) is 7.59. The highest BCUT2D eigenvalue weighted by molar-refractivity contribution is 5.85. The Morgan fingerprint density at radius 2 is 1.83 bits per heavy atom. The first kappa shape index (κ1) is 21.8. The van der Waals surface area contributed by atoms with Crippen molar-refractivity contribution in [2.45, 2.75) is 25.6 Å². The highest BCUT2D eigenvalue weighted by Gasteiger charge is 2.28. The van der Waals surface area contributed by atoms with Crippen LogP contribution in [0.2, 0.25) is 0 Å². The van der Waals surface area contributed by atoms with E-state index in [4.69, 9.17) is 9.47 Å². The summed E-state index contributed by atoms with van der Waals surface area (Å²) in [7, 11) is 1.70. The maximum absolute atomic E-state index is 5.96. The van der Waals surface area contributed by atoms with E-state index in [1.165, 1.54) is 25.1 Å². The van der Waals surface area contributed by atoms with Crippen LogP contribution in [0.15, 0.2) is 42.7 Å². The topological polar surface area (TPSA) is 49.9 Å². The van der Waals surface area contributed by atoms with E-state index in [2.05, 4.69) is 32.2 Å². The Morgan fingerprint density at radius 1 is 1.03 bits per heavy atom. The SMILES string of the molecule is COc1cc(CN2CCC(N3CCNCC3)C2)ccc1OCc1ccncc1.Cl. The van der Waals surface area contributed by atoms with Gasteiger partial charge in [0.15, 0.2) is 11.5 Å². The molecule has 0 aliphatic carbocycles. The summed E-state index contributed by atoms with van der Waals surface area (Å²) in [6, 6.07) is 10.9. The van der Waals surface area contributed by atoms with Crippen molar-refractivity contribution >= 4 is 12.4 Å². The van der Waals surface area contributed by atoms with E-state index in [-0.39, 0.29) is 12.4 Å². The number of methoxy groups -OCH3 is 1. The van der Waals surface area contributed by atoms with E-state index in [0.717, 1.165) is 49.8 Å². The number of halogens is 1. The second kappa shape index (κ2) is 10.8. The highest BCUT2D eigenvalue weighted by atomic mass is 35.5. The predicted molar refractivity (Wildman–Crippen MR) is 117 cm³/mol. The molecule has 2 aromatic rings. The fourth-order valence-corrected chi connectivity index (χ4v) is 4.13. The van der Waals surface area contributed by atoms with Crippen molar-refractivity contribution in [1.82, 2.24) is 20.1 Å². The van der Waals surface area contributed by atoms with E-state index >= 15 is 0 Å². The minimum Gasteiger partial charge on any atom is -0.493 e. The molecule has 6 nitrogen and oxygen atoms in total. The van der Waals surface area contributed by atoms with Crippen molar-refractivity contribution < 1.29 is 9.47 Å². The van der Waals surface area contributed by atoms with Crippen LogP contribution in [0.4, 0.5) is 0 Å². The number of piperazine rings is 1. The molecule has 1 aromatic carbocycles. The van der Waals surface area contributed by atoms with Crippen LogP contribution in [-0.2, 0) is 13.2 Å². The molecule has 4 rings (SSSR count). The third kappa shape index (κ3) is 5.82. The fourth-order valence-electron chi connectivity index (χ4n) is 4.13. The van der Waals surface area contributed by atoms with E-state index in [0.29, 0.717) is 12.6 Å². The van der Waals surface area contributed by atoms with Crippen LogP contribution in [0, 0.1) is 0 Å². The molecule has 1 aromatic heterocycles. The Bertz CT molecular complexity index is 756. The standard InChI is InChI=1S/C22H30N4O2.ClH/c1-27-22-14-19(2-3-21(22)28-17-18-4-7-23-8-5-18)15-25-11-6-20(16-25)26-12-9-24-10-13-26;/h2-5,7-8,14,20,24H,6,9-13,15-17H2,1H3;1H. The van der Waals surface area contributed by atoms with E-state index in [1.807, 2.05) is 18.2 Å². The van der Waals surface area contributed by atoms with Gasteiger partial charge in [-0.2, -0.15) is 0 Å². The molecule has 0 amide bonds. The molecule has 1 unspecified atom stereocenters. The smallest absolute Gasteiger partial charge is 0.161 e. The van der Waals surface area contributed by atoms with Crippen LogP contribution in [0.3, 0.4) is 0 Å². The van der Waals surface area contributed by atoms with Crippen LogP contribution in [0.1, 0.15) is 17.5 Å². The number of likely N-dealkylation sites (tertiary alicyclic amines) is 1. The van der Waals surface area contributed by atoms with Crippen LogP contribution in [-0.4, -0.2) is 67.2 Å². The molecule has 7 heteroatoms. The number of hydrogen-bond acceptors (Lipinski definition) is 6. The first-order chi connectivity index (χ1) is 13.8. The van der Waals surface area contributed by atoms with Gasteiger partial charge in [-0.15, -0.1) is 12.4 Å². The van der Waals surface area contributed by atoms with E-state index in [9.17, 15) is 0 Å². The predicted octanol–water partition coefficient (Wildman–Crippen LogP) is 2.57. The molecule has 2 aliphatic rings. The van der Waals surface area contributed by atoms with Gasteiger partial charge in [0.25, 0.3) is 0 Å². The maximum Gasteiger partial charge on any atom is 0.161 e. The molecule has 3 heterocycles. The van der Waals surface area contributed by atoms with Gasteiger partial charge in [-0.1, -0.05) is 6.07 Å². The molecule has 0 bridgehead atoms. The lowest BCUT2D eigenvalue weighted by atomic mass is 10.2. The van der Waals surface area contributed by atoms with Crippen LogP contribution in [0.25, 0.3) is 0 Å². The average Bonchev–Trinajstić information content (AvgIpc) is 3.22. The Hall–Kier alpha value is -1.86. The Morgan fingerprint density at radius 3 is 2.59 bits per heavy atom. The molecule has 2 aliphatic heterocycles. The van der Waals surface area contributed by atoms with Gasteiger partial charge in [-0.25, -0.2) is 0 Å². The number of rotatable bonds is 7. The number of aromatic nitrogens is 1. The zero-order chi connectivity index (χ0) is 19.2. The zero-order valence-corrected chi connectivity index (χ0v) is 17.9. The average molecular weight is 419 g/mol. The van der Waals surface area contributed by atoms with Crippen molar-refractivity contribution in [1.29, 1.82) is 0 Å². The quantitative estimate of drug-likeness (QED) is 0.745. The van der Waals surface area contributed by atoms with Crippen LogP contribution >= 0.6 is 12.4 Å². The van der Waals surface area contributed by atoms with Crippen molar-refractivity contribution in [3.05, 3.63) is 53.9 Å². The molecule has 158 valence electrons. The molecule has 0 saturated carbocycles. The summed E-state index contributed by atoms with van der Waals surface area (Å²) in [5, 5.41) is 3.44. The second-order valence-electron chi connectivity index (χ2n) is 7.59. The van der Waals surface area contributed by atoms with Crippen molar-refractivity contribution in [3.63, 3.8) is 0 Å². The molecular formula is C22H31ClN4O2. The number of benzene rings is 1. The lowest BCUT2D eigenvalue weighted by Gasteiger charge is -2.32. The monoisotopic (exact) mass is 418 g/mol. The first-order valence-corrected chi connectivity index (χ1v) is 10.2. The highest BCUT2D eigenvalue weighted by Crippen LogP contribution is 2.30. The van der Waals surface area contributed by atoms with Crippen LogP contribution < -0.4 is 14.8 Å². The van der Waals surface area contributed by atoms with Crippen LogP contribution in [0.5, 0.6) is 11.5 Å². The fraction of sp³-hybridized carbons (Fsp3) is 0.500. The number of pyridine rings is 1. The summed E-state index contributed by atoms with van der Waals surface area (Å²) >= 11 is 0. The number of ether oxygens (including phenoxy) is 2. The molecular weight excluding hydrogens is 388 g/mol. The van der Waals surface area contributed by atoms with E-state index in [1.54, 1.807) is 19.5 Å². The molecule has 0 spiro atoms. The summed E-state index contributed by atoms with van der Waals surface area (Å²) in [4.78, 5) is 9.24. The maximum atomic E-state index is 5.96. The van der Waals surface area contributed by atoms with Gasteiger partial charge in [-0.3, -0.25) is 14.8 Å². The van der Waals surface area contributed by atoms with Crippen molar-refractivity contribution in [3.8, 4) is 11.5 Å². The van der Waals surface area contributed by atoms with Gasteiger partial charge in [0.1, 0.15) is 6.61 Å². The number of nitrogens with one attached hydrogen (secondary N) is 1. The first-order valence-electron chi connectivity index (χ1n) is 10.2. The lowest BCUT2D eigenvalue weighted by Crippen LogP contribution is -2.49. The Balaban J connectivity index is 0.00000240. The molecule has 0 radical (unpaired) electrons. The number of nitrogens with zero attached hydrogens (tertiary/aromatic N) is 3. The largest absolute Gasteiger partial charge is 0.493 e. The summed E-state index contributed by atoms with van der Waals surface area (Å²) in [6.07, 6.45) is 4.83. The van der Waals surface area contributed by atoms with Gasteiger partial charge in [-0.05, 0) is 41.8 Å². The van der Waals surface area contributed by atoms with Crippen molar-refractivity contribution in [2.24, 2.45) is 0 Å². The summed E-state index contributed by atoms with van der Waals surface area (Å²) < 4.78 is 11.5.